The Hall–Kier alpha value is -2.49. The summed E-state index contributed by atoms with van der Waals surface area (Å²) in [5.41, 5.74) is 16.5. The highest BCUT2D eigenvalue weighted by Gasteiger charge is 2.09. The third-order valence-corrected chi connectivity index (χ3v) is 2.56. The van der Waals surface area contributed by atoms with Crippen LogP contribution in [0.3, 0.4) is 0 Å². The standard InChI is InChI=1S/C10H16N6O3S/c1-19-8-5-6(14-10(13)15-9(11)12)3-4-7(8)16-20(2,17)18/h3-5,16H,1-2H3,(H6,11,12,13,14,15). The molecule has 1 aromatic carbocycles. The van der Waals surface area contributed by atoms with E-state index in [2.05, 4.69) is 14.7 Å². The Labute approximate surface area is 116 Å². The molecule has 1 aromatic rings. The number of anilines is 1. The van der Waals surface area contributed by atoms with E-state index in [1.165, 1.54) is 25.3 Å². The molecule has 0 fully saturated rings. The lowest BCUT2D eigenvalue weighted by Gasteiger charge is -2.10. The summed E-state index contributed by atoms with van der Waals surface area (Å²) in [5, 5.41) is 0. The molecule has 1 rings (SSSR count). The van der Waals surface area contributed by atoms with Gasteiger partial charge >= 0.3 is 0 Å². The van der Waals surface area contributed by atoms with Crippen LogP contribution in [-0.2, 0) is 10.0 Å². The van der Waals surface area contributed by atoms with Crippen molar-refractivity contribution in [1.29, 1.82) is 0 Å². The minimum atomic E-state index is -3.41. The fourth-order valence-corrected chi connectivity index (χ4v) is 1.89. The molecule has 0 aliphatic carbocycles. The highest BCUT2D eigenvalue weighted by molar-refractivity contribution is 7.92. The average Bonchev–Trinajstić information content (AvgIpc) is 2.28. The van der Waals surface area contributed by atoms with Crippen LogP contribution < -0.4 is 26.7 Å². The second-order valence-corrected chi connectivity index (χ2v) is 5.51. The van der Waals surface area contributed by atoms with Gasteiger partial charge in [-0.2, -0.15) is 4.99 Å². The molecule has 7 N–H and O–H groups in total. The summed E-state index contributed by atoms with van der Waals surface area (Å²) in [4.78, 5) is 7.49. The van der Waals surface area contributed by atoms with Crippen LogP contribution in [0.25, 0.3) is 0 Å². The van der Waals surface area contributed by atoms with Crippen molar-refractivity contribution in [3.8, 4) is 5.75 Å². The van der Waals surface area contributed by atoms with Crippen LogP contribution in [0.2, 0.25) is 0 Å². The van der Waals surface area contributed by atoms with Crippen LogP contribution in [0.15, 0.2) is 28.2 Å². The van der Waals surface area contributed by atoms with Crippen molar-refractivity contribution in [1.82, 2.24) is 0 Å². The highest BCUT2D eigenvalue weighted by Crippen LogP contribution is 2.29. The van der Waals surface area contributed by atoms with Gasteiger partial charge in [0.15, 0.2) is 5.96 Å². The zero-order chi connectivity index (χ0) is 15.3. The van der Waals surface area contributed by atoms with Crippen LogP contribution in [0.1, 0.15) is 0 Å². The second kappa shape index (κ2) is 6.10. The van der Waals surface area contributed by atoms with Gasteiger partial charge in [-0.15, -0.1) is 0 Å². The molecule has 0 saturated carbocycles. The van der Waals surface area contributed by atoms with E-state index in [4.69, 9.17) is 21.9 Å². The van der Waals surface area contributed by atoms with E-state index in [0.29, 0.717) is 5.69 Å². The van der Waals surface area contributed by atoms with Gasteiger partial charge < -0.3 is 21.9 Å². The van der Waals surface area contributed by atoms with Crippen molar-refractivity contribution in [3.05, 3.63) is 18.2 Å². The van der Waals surface area contributed by atoms with Crippen molar-refractivity contribution in [2.24, 2.45) is 27.2 Å². The highest BCUT2D eigenvalue weighted by atomic mass is 32.2. The maximum Gasteiger partial charge on any atom is 0.229 e. The molecule has 0 aromatic heterocycles. The van der Waals surface area contributed by atoms with Gasteiger partial charge in [-0.3, -0.25) is 4.72 Å². The lowest BCUT2D eigenvalue weighted by Crippen LogP contribution is -2.26. The topological polar surface area (TPSA) is 158 Å². The van der Waals surface area contributed by atoms with Crippen molar-refractivity contribution < 1.29 is 13.2 Å². The summed E-state index contributed by atoms with van der Waals surface area (Å²) in [6.07, 6.45) is 1.04. The lowest BCUT2D eigenvalue weighted by molar-refractivity contribution is 0.417. The number of guanidine groups is 2. The molecule has 20 heavy (non-hydrogen) atoms. The van der Waals surface area contributed by atoms with Crippen molar-refractivity contribution in [3.63, 3.8) is 0 Å². The Morgan fingerprint density at radius 2 is 1.95 bits per heavy atom. The summed E-state index contributed by atoms with van der Waals surface area (Å²) in [6.45, 7) is 0. The van der Waals surface area contributed by atoms with Gasteiger partial charge in [0, 0.05) is 6.07 Å². The number of aliphatic imine (C=N–C) groups is 2. The number of nitrogens with zero attached hydrogens (tertiary/aromatic N) is 2. The van der Waals surface area contributed by atoms with E-state index in [9.17, 15) is 8.42 Å². The third kappa shape index (κ3) is 5.02. The Kier molecular flexibility index (Phi) is 4.75. The first-order valence-corrected chi connectivity index (χ1v) is 7.20. The zero-order valence-corrected chi connectivity index (χ0v) is 11.8. The van der Waals surface area contributed by atoms with E-state index in [1.54, 1.807) is 0 Å². The molecule has 0 unspecified atom stereocenters. The fourth-order valence-electron chi connectivity index (χ4n) is 1.32. The fraction of sp³-hybridized carbons (Fsp3) is 0.200. The number of ether oxygens (including phenoxy) is 1. The predicted molar refractivity (Wildman–Crippen MR) is 78.6 cm³/mol. The monoisotopic (exact) mass is 300 g/mol. The minimum absolute atomic E-state index is 0.129. The molecule has 0 aliphatic rings. The molecule has 0 saturated heterocycles. The maximum absolute atomic E-state index is 11.2. The van der Waals surface area contributed by atoms with E-state index in [1.807, 2.05) is 0 Å². The Balaban J connectivity index is 3.13. The van der Waals surface area contributed by atoms with E-state index >= 15 is 0 Å². The van der Waals surface area contributed by atoms with E-state index in [0.717, 1.165) is 6.26 Å². The first kappa shape index (κ1) is 15.6. The molecule has 0 aliphatic heterocycles. The number of nitrogens with two attached hydrogens (primary N) is 3. The molecule has 110 valence electrons. The van der Waals surface area contributed by atoms with Gasteiger partial charge in [-0.1, -0.05) is 0 Å². The largest absolute Gasteiger partial charge is 0.494 e. The first-order valence-electron chi connectivity index (χ1n) is 5.31. The molecule has 0 heterocycles. The predicted octanol–water partition coefficient (Wildman–Crippen LogP) is -0.714. The number of nitrogens with one attached hydrogen (secondary N) is 1. The van der Waals surface area contributed by atoms with Crippen LogP contribution in [0.5, 0.6) is 5.75 Å². The molecule has 9 nitrogen and oxygen atoms in total. The quantitative estimate of drug-likeness (QED) is 0.424. The van der Waals surface area contributed by atoms with Crippen molar-refractivity contribution in [2.75, 3.05) is 18.1 Å². The van der Waals surface area contributed by atoms with Crippen LogP contribution in [-0.4, -0.2) is 33.7 Å². The minimum Gasteiger partial charge on any atom is -0.494 e. The second-order valence-electron chi connectivity index (χ2n) is 3.77. The molecule has 0 bridgehead atoms. The molecule has 0 atom stereocenters. The summed E-state index contributed by atoms with van der Waals surface area (Å²) >= 11 is 0. The first-order chi connectivity index (χ1) is 9.21. The van der Waals surface area contributed by atoms with E-state index < -0.39 is 10.0 Å². The van der Waals surface area contributed by atoms with Gasteiger partial charge in [0.05, 0.1) is 24.7 Å². The normalized spacial score (nSPS) is 11.8. The Morgan fingerprint density at radius 1 is 1.30 bits per heavy atom. The van der Waals surface area contributed by atoms with Gasteiger partial charge in [0.1, 0.15) is 5.75 Å². The molecular weight excluding hydrogens is 284 g/mol. The van der Waals surface area contributed by atoms with Gasteiger partial charge in [0.25, 0.3) is 0 Å². The smallest absolute Gasteiger partial charge is 0.229 e. The molecule has 10 heteroatoms. The third-order valence-electron chi connectivity index (χ3n) is 1.97. The number of sulfonamides is 1. The molecule has 0 spiro atoms. The van der Waals surface area contributed by atoms with Gasteiger partial charge in [0.2, 0.25) is 16.0 Å². The Morgan fingerprint density at radius 3 is 2.45 bits per heavy atom. The average molecular weight is 300 g/mol. The summed E-state index contributed by atoms with van der Waals surface area (Å²) < 4.78 is 29.8. The number of hydrogen-bond donors (Lipinski definition) is 4. The van der Waals surface area contributed by atoms with Gasteiger partial charge in [-0.05, 0) is 12.1 Å². The molecule has 0 amide bonds. The molecule has 0 radical (unpaired) electrons. The zero-order valence-electron chi connectivity index (χ0n) is 11.0. The summed E-state index contributed by atoms with van der Waals surface area (Å²) in [6, 6.07) is 4.51. The Bertz CT molecular complexity index is 649. The lowest BCUT2D eigenvalue weighted by atomic mass is 10.2. The van der Waals surface area contributed by atoms with Crippen LogP contribution in [0.4, 0.5) is 11.4 Å². The number of hydrogen-bond acceptors (Lipinski definition) is 4. The van der Waals surface area contributed by atoms with E-state index in [-0.39, 0.29) is 23.4 Å². The summed E-state index contributed by atoms with van der Waals surface area (Å²) in [7, 11) is -2.01. The summed E-state index contributed by atoms with van der Waals surface area (Å²) in [5.74, 6) is -0.0568. The molecular formula is C10H16N6O3S. The number of methoxy groups -OCH3 is 1. The SMILES string of the molecule is COc1cc(N=C(N)N=C(N)N)ccc1NS(C)(=O)=O. The van der Waals surface area contributed by atoms with Crippen molar-refractivity contribution >= 4 is 33.3 Å². The maximum atomic E-state index is 11.2. The van der Waals surface area contributed by atoms with Gasteiger partial charge in [-0.25, -0.2) is 13.4 Å². The number of benzene rings is 1. The van der Waals surface area contributed by atoms with Crippen LogP contribution in [0, 0.1) is 0 Å². The van der Waals surface area contributed by atoms with Crippen LogP contribution >= 0.6 is 0 Å². The number of rotatable bonds is 4. The van der Waals surface area contributed by atoms with Crippen molar-refractivity contribution in [2.45, 2.75) is 0 Å².